The highest BCUT2D eigenvalue weighted by molar-refractivity contribution is 7.99. The zero-order valence-corrected chi connectivity index (χ0v) is 12.4. The van der Waals surface area contributed by atoms with E-state index >= 15 is 0 Å². The Labute approximate surface area is 119 Å². The quantitative estimate of drug-likeness (QED) is 0.924. The Balaban J connectivity index is 1.73. The Hall–Kier alpha value is -0.550. The number of thioether (sulfide) groups is 1. The fourth-order valence-corrected chi connectivity index (χ4v) is 4.69. The minimum atomic E-state index is 0.648. The molecule has 2 N–H and O–H groups in total. The predicted molar refractivity (Wildman–Crippen MR) is 78.2 cm³/mol. The van der Waals surface area contributed by atoms with Crippen LogP contribution in [0.15, 0.2) is 5.16 Å². The summed E-state index contributed by atoms with van der Waals surface area (Å²) >= 11 is 1.94. The molecule has 1 aromatic rings. The van der Waals surface area contributed by atoms with Gasteiger partial charge in [0.05, 0.1) is 0 Å². The molecule has 3 rings (SSSR count). The molecule has 4 nitrogen and oxygen atoms in total. The largest absolute Gasteiger partial charge is 0.330 e. The standard InChI is InChI=1S/C14H24N4S/c15-10-11-6-3-4-7-12(11)19-14-17-16-13-8-2-1-5-9-18(13)14/h11-12H,1-10,15H2. The van der Waals surface area contributed by atoms with Crippen LogP contribution in [0.5, 0.6) is 0 Å². The molecule has 19 heavy (non-hydrogen) atoms. The van der Waals surface area contributed by atoms with Crippen molar-refractivity contribution in [1.82, 2.24) is 14.8 Å². The topological polar surface area (TPSA) is 56.7 Å². The fourth-order valence-electron chi connectivity index (χ4n) is 3.28. The Bertz CT molecular complexity index is 418. The van der Waals surface area contributed by atoms with E-state index in [0.29, 0.717) is 11.2 Å². The molecule has 0 radical (unpaired) electrons. The molecule has 0 aromatic carbocycles. The van der Waals surface area contributed by atoms with Gasteiger partial charge in [-0.15, -0.1) is 10.2 Å². The minimum absolute atomic E-state index is 0.648. The van der Waals surface area contributed by atoms with Crippen LogP contribution in [0.1, 0.15) is 50.8 Å². The van der Waals surface area contributed by atoms with Crippen molar-refractivity contribution in [1.29, 1.82) is 0 Å². The zero-order valence-electron chi connectivity index (χ0n) is 11.6. The van der Waals surface area contributed by atoms with Crippen LogP contribution in [0.25, 0.3) is 0 Å². The summed E-state index contributed by atoms with van der Waals surface area (Å²) < 4.78 is 2.36. The van der Waals surface area contributed by atoms with Gasteiger partial charge in [0.1, 0.15) is 5.82 Å². The third-order valence-corrected chi connectivity index (χ3v) is 5.91. The van der Waals surface area contributed by atoms with E-state index in [0.717, 1.165) is 24.7 Å². The highest BCUT2D eigenvalue weighted by Gasteiger charge is 2.27. The van der Waals surface area contributed by atoms with Crippen LogP contribution in [0.2, 0.25) is 0 Å². The van der Waals surface area contributed by atoms with Crippen molar-refractivity contribution in [2.45, 2.75) is 68.3 Å². The molecule has 0 saturated heterocycles. The summed E-state index contributed by atoms with van der Waals surface area (Å²) in [6.45, 7) is 1.92. The maximum Gasteiger partial charge on any atom is 0.191 e. The van der Waals surface area contributed by atoms with Crippen LogP contribution < -0.4 is 5.73 Å². The lowest BCUT2D eigenvalue weighted by atomic mass is 9.89. The lowest BCUT2D eigenvalue weighted by molar-refractivity contribution is 0.377. The van der Waals surface area contributed by atoms with Crippen molar-refractivity contribution in [2.24, 2.45) is 11.7 Å². The molecule has 0 amide bonds. The maximum absolute atomic E-state index is 5.93. The predicted octanol–water partition coefficient (Wildman–Crippen LogP) is 2.61. The Morgan fingerprint density at radius 2 is 2.00 bits per heavy atom. The zero-order chi connectivity index (χ0) is 13.1. The highest BCUT2D eigenvalue weighted by atomic mass is 32.2. The van der Waals surface area contributed by atoms with E-state index in [4.69, 9.17) is 5.73 Å². The van der Waals surface area contributed by atoms with Crippen LogP contribution in [0, 0.1) is 5.92 Å². The molecule has 1 fully saturated rings. The van der Waals surface area contributed by atoms with Crippen molar-refractivity contribution < 1.29 is 0 Å². The summed E-state index contributed by atoms with van der Waals surface area (Å²) in [5, 5.41) is 10.6. The van der Waals surface area contributed by atoms with Crippen LogP contribution in [0.3, 0.4) is 0 Å². The summed E-state index contributed by atoms with van der Waals surface area (Å²) in [4.78, 5) is 0. The van der Waals surface area contributed by atoms with Gasteiger partial charge < -0.3 is 10.3 Å². The minimum Gasteiger partial charge on any atom is -0.330 e. The van der Waals surface area contributed by atoms with E-state index in [1.54, 1.807) is 0 Å². The van der Waals surface area contributed by atoms with Crippen molar-refractivity contribution in [3.05, 3.63) is 5.82 Å². The van der Waals surface area contributed by atoms with Crippen LogP contribution in [-0.4, -0.2) is 26.6 Å². The van der Waals surface area contributed by atoms with Crippen LogP contribution in [0.4, 0.5) is 0 Å². The van der Waals surface area contributed by atoms with Gasteiger partial charge in [-0.3, -0.25) is 0 Å². The van der Waals surface area contributed by atoms with Gasteiger partial charge in [0.15, 0.2) is 5.16 Å². The fraction of sp³-hybridized carbons (Fsp3) is 0.857. The second-order valence-electron chi connectivity index (χ2n) is 5.80. The molecule has 1 aliphatic carbocycles. The van der Waals surface area contributed by atoms with Crippen molar-refractivity contribution in [3.63, 3.8) is 0 Å². The first-order chi connectivity index (χ1) is 9.38. The smallest absolute Gasteiger partial charge is 0.191 e. The molecule has 1 aromatic heterocycles. The number of hydrogen-bond acceptors (Lipinski definition) is 4. The molecule has 5 heteroatoms. The second-order valence-corrected chi connectivity index (χ2v) is 7.00. The molecular weight excluding hydrogens is 256 g/mol. The summed E-state index contributed by atoms with van der Waals surface area (Å²) in [6, 6.07) is 0. The SMILES string of the molecule is NCC1CCCCC1Sc1nnc2n1CCCCC2. The summed E-state index contributed by atoms with van der Waals surface area (Å²) in [5.74, 6) is 1.86. The number of fused-ring (bicyclic) bond motifs is 1. The first-order valence-electron chi connectivity index (χ1n) is 7.67. The molecule has 0 spiro atoms. The van der Waals surface area contributed by atoms with E-state index in [1.165, 1.54) is 50.8 Å². The number of rotatable bonds is 3. The number of hydrogen-bond donors (Lipinski definition) is 1. The molecule has 2 heterocycles. The molecule has 1 saturated carbocycles. The van der Waals surface area contributed by atoms with Crippen LogP contribution >= 0.6 is 11.8 Å². The van der Waals surface area contributed by atoms with E-state index in [9.17, 15) is 0 Å². The number of nitrogens with two attached hydrogens (primary N) is 1. The van der Waals surface area contributed by atoms with Gasteiger partial charge in [0, 0.05) is 18.2 Å². The molecule has 0 bridgehead atoms. The van der Waals surface area contributed by atoms with E-state index in [1.807, 2.05) is 11.8 Å². The average Bonchev–Trinajstić information content (AvgIpc) is 2.68. The Morgan fingerprint density at radius 1 is 1.11 bits per heavy atom. The summed E-state index contributed by atoms with van der Waals surface area (Å²) in [5.41, 5.74) is 5.93. The number of aryl methyl sites for hydroxylation is 1. The molecule has 106 valence electrons. The van der Waals surface area contributed by atoms with E-state index < -0.39 is 0 Å². The average molecular weight is 280 g/mol. The van der Waals surface area contributed by atoms with Gasteiger partial charge in [0.25, 0.3) is 0 Å². The Kier molecular flexibility index (Phi) is 4.43. The number of aromatic nitrogens is 3. The van der Waals surface area contributed by atoms with Crippen molar-refractivity contribution in [2.75, 3.05) is 6.54 Å². The van der Waals surface area contributed by atoms with Gasteiger partial charge >= 0.3 is 0 Å². The first kappa shape index (κ1) is 13.4. The van der Waals surface area contributed by atoms with Gasteiger partial charge in [-0.05, 0) is 38.1 Å². The number of nitrogens with zero attached hydrogens (tertiary/aromatic N) is 3. The molecule has 2 unspecified atom stereocenters. The molecule has 2 atom stereocenters. The van der Waals surface area contributed by atoms with E-state index in [-0.39, 0.29) is 0 Å². The molecule has 2 aliphatic rings. The lowest BCUT2D eigenvalue weighted by Crippen LogP contribution is -2.29. The second kappa shape index (κ2) is 6.27. The first-order valence-corrected chi connectivity index (χ1v) is 8.55. The van der Waals surface area contributed by atoms with Crippen molar-refractivity contribution >= 4 is 11.8 Å². The Morgan fingerprint density at radius 3 is 2.89 bits per heavy atom. The summed E-state index contributed by atoms with van der Waals surface area (Å²) in [6.07, 6.45) is 10.2. The van der Waals surface area contributed by atoms with Gasteiger partial charge in [-0.1, -0.05) is 31.0 Å². The monoisotopic (exact) mass is 280 g/mol. The van der Waals surface area contributed by atoms with E-state index in [2.05, 4.69) is 14.8 Å². The van der Waals surface area contributed by atoms with Gasteiger partial charge in [-0.2, -0.15) is 0 Å². The third kappa shape index (κ3) is 2.97. The highest BCUT2D eigenvalue weighted by Crippen LogP contribution is 2.37. The third-order valence-electron chi connectivity index (χ3n) is 4.47. The molecule has 1 aliphatic heterocycles. The normalized spacial score (nSPS) is 27.8. The molecular formula is C14H24N4S. The van der Waals surface area contributed by atoms with Gasteiger partial charge in [-0.25, -0.2) is 0 Å². The lowest BCUT2D eigenvalue weighted by Gasteiger charge is -2.29. The van der Waals surface area contributed by atoms with Crippen LogP contribution in [-0.2, 0) is 13.0 Å². The van der Waals surface area contributed by atoms with Gasteiger partial charge in [0.2, 0.25) is 0 Å². The summed E-state index contributed by atoms with van der Waals surface area (Å²) in [7, 11) is 0. The van der Waals surface area contributed by atoms with Crippen molar-refractivity contribution in [3.8, 4) is 0 Å². The maximum atomic E-state index is 5.93.